The van der Waals surface area contributed by atoms with E-state index in [2.05, 4.69) is 5.32 Å². The summed E-state index contributed by atoms with van der Waals surface area (Å²) in [6.07, 6.45) is 9.60. The number of nitrogens with one attached hydrogen (secondary N) is 1. The minimum atomic E-state index is 0.0813. The van der Waals surface area contributed by atoms with E-state index < -0.39 is 0 Å². The Hall–Kier alpha value is -0.900. The molecule has 0 aromatic carbocycles. The maximum atomic E-state index is 11.5. The lowest BCUT2D eigenvalue weighted by Crippen LogP contribution is -2.28. The summed E-state index contributed by atoms with van der Waals surface area (Å²) in [6.45, 7) is 10.2. The van der Waals surface area contributed by atoms with Crippen LogP contribution in [0.3, 0.4) is 0 Å². The number of amides is 1. The molecule has 1 amide bonds. The Morgan fingerprint density at radius 3 is 1.88 bits per heavy atom. The fourth-order valence-electron chi connectivity index (χ4n) is 2.35. The van der Waals surface area contributed by atoms with Gasteiger partial charge in [-0.25, -0.2) is 0 Å². The number of carbonyl (C=O) groups is 2. The maximum Gasteiger partial charge on any atom is 0.222 e. The largest absolute Gasteiger partial charge is 0.381 e. The van der Waals surface area contributed by atoms with Gasteiger partial charge in [0.15, 0.2) is 0 Å². The summed E-state index contributed by atoms with van der Waals surface area (Å²) in [5, 5.41) is 2.95. The summed E-state index contributed by atoms with van der Waals surface area (Å²) in [7, 11) is 0. The van der Waals surface area contributed by atoms with Gasteiger partial charge in [-0.3, -0.25) is 9.59 Å². The van der Waals surface area contributed by atoms with Crippen LogP contribution in [0.1, 0.15) is 85.5 Å². The van der Waals surface area contributed by atoms with E-state index in [1.165, 1.54) is 19.3 Å². The van der Waals surface area contributed by atoms with Gasteiger partial charge < -0.3 is 10.1 Å². The smallest absolute Gasteiger partial charge is 0.222 e. The van der Waals surface area contributed by atoms with Crippen LogP contribution in [0.25, 0.3) is 0 Å². The number of carbonyl (C=O) groups excluding carboxylic acids is 2. The molecule has 1 N–H and O–H groups in total. The molecule has 0 saturated heterocycles. The van der Waals surface area contributed by atoms with Gasteiger partial charge in [0.25, 0.3) is 0 Å². The Morgan fingerprint density at radius 1 is 0.750 bits per heavy atom. The Morgan fingerprint density at radius 2 is 1.29 bits per heavy atom. The second-order valence-electron chi connectivity index (χ2n) is 7.26. The van der Waals surface area contributed by atoms with E-state index in [1.807, 2.05) is 27.7 Å². The van der Waals surface area contributed by atoms with Crippen molar-refractivity contribution in [2.24, 2.45) is 11.8 Å². The van der Waals surface area contributed by atoms with Crippen molar-refractivity contribution in [2.75, 3.05) is 19.8 Å². The molecule has 0 atom stereocenters. The highest BCUT2D eigenvalue weighted by Gasteiger charge is 2.06. The molecule has 0 spiro atoms. The van der Waals surface area contributed by atoms with Crippen molar-refractivity contribution < 1.29 is 14.3 Å². The van der Waals surface area contributed by atoms with Gasteiger partial charge in [-0.2, -0.15) is 0 Å². The SMILES string of the molecule is CC(C)C(=O)CCCCCOCCCCCCCNC(=O)C(C)C. The first kappa shape index (κ1) is 23.1. The third kappa shape index (κ3) is 14.7. The molecule has 0 fully saturated rings. The van der Waals surface area contributed by atoms with E-state index in [-0.39, 0.29) is 17.7 Å². The predicted molar refractivity (Wildman–Crippen MR) is 100 cm³/mol. The maximum absolute atomic E-state index is 11.5. The first-order chi connectivity index (χ1) is 11.4. The van der Waals surface area contributed by atoms with Crippen LogP contribution < -0.4 is 5.32 Å². The topological polar surface area (TPSA) is 55.4 Å². The van der Waals surface area contributed by atoms with Crippen molar-refractivity contribution in [3.63, 3.8) is 0 Å². The number of hydrogen-bond acceptors (Lipinski definition) is 3. The molecule has 4 nitrogen and oxygen atoms in total. The minimum Gasteiger partial charge on any atom is -0.381 e. The van der Waals surface area contributed by atoms with E-state index in [9.17, 15) is 9.59 Å². The van der Waals surface area contributed by atoms with E-state index >= 15 is 0 Å². The van der Waals surface area contributed by atoms with E-state index in [1.54, 1.807) is 0 Å². The Bertz CT molecular complexity index is 295. The van der Waals surface area contributed by atoms with Crippen molar-refractivity contribution >= 4 is 11.7 Å². The number of ketones is 1. The van der Waals surface area contributed by atoms with Crippen LogP contribution in [0.5, 0.6) is 0 Å². The standard InChI is InChI=1S/C20H39NO3/c1-17(2)19(22)13-9-8-12-16-24-15-11-7-5-6-10-14-21-20(23)18(3)4/h17-18H,5-16H2,1-4H3,(H,21,23). The van der Waals surface area contributed by atoms with Crippen molar-refractivity contribution in [3.8, 4) is 0 Å². The average Bonchev–Trinajstić information content (AvgIpc) is 2.54. The molecule has 142 valence electrons. The number of Topliss-reactive ketones (excluding diaryl/α,β-unsaturated/α-hetero) is 1. The molecule has 0 aliphatic rings. The van der Waals surface area contributed by atoms with Gasteiger partial charge in [0.1, 0.15) is 5.78 Å². The first-order valence-electron chi connectivity index (χ1n) is 9.83. The summed E-state index contributed by atoms with van der Waals surface area (Å²) in [5.74, 6) is 0.780. The van der Waals surface area contributed by atoms with E-state index in [0.29, 0.717) is 5.78 Å². The molecule has 0 unspecified atom stereocenters. The van der Waals surface area contributed by atoms with Gasteiger partial charge in [-0.1, -0.05) is 53.4 Å². The highest BCUT2D eigenvalue weighted by molar-refractivity contribution is 5.80. The highest BCUT2D eigenvalue weighted by atomic mass is 16.5. The second-order valence-corrected chi connectivity index (χ2v) is 7.26. The molecule has 0 bridgehead atoms. The fourth-order valence-corrected chi connectivity index (χ4v) is 2.35. The minimum absolute atomic E-state index is 0.0813. The molecule has 0 aliphatic carbocycles. The molecule has 0 aromatic heterocycles. The van der Waals surface area contributed by atoms with Crippen LogP contribution in [0.4, 0.5) is 0 Å². The van der Waals surface area contributed by atoms with Crippen molar-refractivity contribution in [1.29, 1.82) is 0 Å². The average molecular weight is 342 g/mol. The van der Waals surface area contributed by atoms with Gasteiger partial charge in [0, 0.05) is 38.0 Å². The quantitative estimate of drug-likeness (QED) is 0.420. The van der Waals surface area contributed by atoms with Crippen LogP contribution in [-0.4, -0.2) is 31.4 Å². The van der Waals surface area contributed by atoms with Crippen molar-refractivity contribution in [2.45, 2.75) is 85.5 Å². The van der Waals surface area contributed by atoms with Gasteiger partial charge in [0.2, 0.25) is 5.91 Å². The number of rotatable bonds is 16. The molecule has 0 saturated carbocycles. The highest BCUT2D eigenvalue weighted by Crippen LogP contribution is 2.07. The summed E-state index contributed by atoms with van der Waals surface area (Å²) in [6, 6.07) is 0. The first-order valence-corrected chi connectivity index (χ1v) is 9.83. The van der Waals surface area contributed by atoms with E-state index in [0.717, 1.165) is 58.3 Å². The lowest BCUT2D eigenvalue weighted by Gasteiger charge is -2.07. The van der Waals surface area contributed by atoms with Crippen molar-refractivity contribution in [3.05, 3.63) is 0 Å². The molecule has 0 aromatic rings. The number of unbranched alkanes of at least 4 members (excludes halogenated alkanes) is 6. The van der Waals surface area contributed by atoms with Gasteiger partial charge in [-0.05, 0) is 25.7 Å². The molecule has 0 rings (SSSR count). The summed E-state index contributed by atoms with van der Waals surface area (Å²) >= 11 is 0. The van der Waals surface area contributed by atoms with E-state index in [4.69, 9.17) is 4.74 Å². The van der Waals surface area contributed by atoms with Gasteiger partial charge in [-0.15, -0.1) is 0 Å². The number of hydrogen-bond donors (Lipinski definition) is 1. The molecular weight excluding hydrogens is 302 g/mol. The third-order valence-corrected chi connectivity index (χ3v) is 4.14. The molecular formula is C20H39NO3. The zero-order valence-corrected chi connectivity index (χ0v) is 16.4. The summed E-state index contributed by atoms with van der Waals surface area (Å²) in [4.78, 5) is 22.8. The summed E-state index contributed by atoms with van der Waals surface area (Å²) in [5.41, 5.74) is 0. The van der Waals surface area contributed by atoms with Gasteiger partial charge in [0.05, 0.1) is 0 Å². The zero-order chi connectivity index (χ0) is 18.2. The molecule has 0 heterocycles. The predicted octanol–water partition coefficient (Wildman–Crippen LogP) is 4.51. The monoisotopic (exact) mass is 341 g/mol. The molecule has 0 aliphatic heterocycles. The van der Waals surface area contributed by atoms with Gasteiger partial charge >= 0.3 is 0 Å². The van der Waals surface area contributed by atoms with Crippen LogP contribution in [0, 0.1) is 11.8 Å². The van der Waals surface area contributed by atoms with Crippen LogP contribution in [0.15, 0.2) is 0 Å². The lowest BCUT2D eigenvalue weighted by atomic mass is 10.0. The normalized spacial score (nSPS) is 11.2. The second kappa shape index (κ2) is 15.6. The Balaban J connectivity index is 3.15. The van der Waals surface area contributed by atoms with Crippen molar-refractivity contribution in [1.82, 2.24) is 5.32 Å². The number of ether oxygens (including phenoxy) is 1. The Labute approximate surface area is 149 Å². The Kier molecular flexibility index (Phi) is 15.0. The fraction of sp³-hybridized carbons (Fsp3) is 0.900. The zero-order valence-electron chi connectivity index (χ0n) is 16.4. The molecule has 4 heteroatoms. The lowest BCUT2D eigenvalue weighted by molar-refractivity contribution is -0.124. The third-order valence-electron chi connectivity index (χ3n) is 4.14. The summed E-state index contributed by atoms with van der Waals surface area (Å²) < 4.78 is 5.63. The molecule has 0 radical (unpaired) electrons. The van der Waals surface area contributed by atoms with Crippen LogP contribution >= 0.6 is 0 Å². The van der Waals surface area contributed by atoms with Crippen LogP contribution in [0.2, 0.25) is 0 Å². The van der Waals surface area contributed by atoms with Crippen LogP contribution in [-0.2, 0) is 14.3 Å². The molecule has 24 heavy (non-hydrogen) atoms.